The van der Waals surface area contributed by atoms with E-state index in [4.69, 9.17) is 4.52 Å². The molecule has 6 rings (SSSR count). The van der Waals surface area contributed by atoms with Crippen molar-refractivity contribution in [2.45, 2.75) is 37.6 Å². The molecular formula is C30H26BrN5O4S2. The van der Waals surface area contributed by atoms with Gasteiger partial charge in [-0.3, -0.25) is 9.52 Å². The molecule has 0 saturated carbocycles. The summed E-state index contributed by atoms with van der Waals surface area (Å²) >= 11 is 4.96. The van der Waals surface area contributed by atoms with Gasteiger partial charge in [-0.15, -0.1) is 11.3 Å². The number of likely N-dealkylation sites (tertiary alicyclic amines) is 1. The number of nitrogens with zero attached hydrogens (tertiary/aromatic N) is 4. The Hall–Kier alpha value is -3.87. The molecule has 1 aliphatic rings. The van der Waals surface area contributed by atoms with Crippen molar-refractivity contribution in [3.05, 3.63) is 98.6 Å². The first-order chi connectivity index (χ1) is 20.2. The van der Waals surface area contributed by atoms with Crippen LogP contribution in [0.15, 0.2) is 86.0 Å². The highest BCUT2D eigenvalue weighted by atomic mass is 79.9. The highest BCUT2D eigenvalue weighted by Gasteiger charge is 2.35. The Balaban J connectivity index is 1.22. The zero-order valence-corrected chi connectivity index (χ0v) is 26.0. The molecule has 0 radical (unpaired) electrons. The molecule has 9 nitrogen and oxygen atoms in total. The fraction of sp³-hybridized carbons (Fsp3) is 0.200. The van der Waals surface area contributed by atoms with Gasteiger partial charge in [-0.1, -0.05) is 51.4 Å². The Kier molecular flexibility index (Phi) is 7.69. The number of nitrogens with one attached hydrogen (secondary N) is 1. The van der Waals surface area contributed by atoms with Crippen LogP contribution in [0.4, 0.5) is 5.69 Å². The monoisotopic (exact) mass is 663 g/mol. The molecule has 1 amide bonds. The summed E-state index contributed by atoms with van der Waals surface area (Å²) < 4.78 is 36.1. The van der Waals surface area contributed by atoms with Gasteiger partial charge < -0.3 is 9.42 Å². The predicted molar refractivity (Wildman–Crippen MR) is 165 cm³/mol. The van der Waals surface area contributed by atoms with Crippen LogP contribution in [0.25, 0.3) is 22.6 Å². The van der Waals surface area contributed by atoms with Gasteiger partial charge >= 0.3 is 0 Å². The lowest BCUT2D eigenvalue weighted by Crippen LogP contribution is -2.30. The number of carbonyl (C=O) groups is 1. The van der Waals surface area contributed by atoms with Gasteiger partial charge in [0.25, 0.3) is 15.9 Å². The number of benzene rings is 3. The summed E-state index contributed by atoms with van der Waals surface area (Å²) in [5.41, 5.74) is 3.51. The van der Waals surface area contributed by atoms with E-state index in [1.165, 1.54) is 11.3 Å². The molecule has 5 aromatic rings. The lowest BCUT2D eigenvalue weighted by molar-refractivity contribution is 0.0710. The minimum absolute atomic E-state index is 0.152. The molecule has 3 heterocycles. The molecule has 0 bridgehead atoms. The molecule has 12 heteroatoms. The minimum Gasteiger partial charge on any atom is -0.337 e. The Labute approximate surface area is 255 Å². The third kappa shape index (κ3) is 5.74. The van der Waals surface area contributed by atoms with Crippen molar-refractivity contribution in [1.82, 2.24) is 20.0 Å². The molecule has 1 unspecified atom stereocenters. The van der Waals surface area contributed by atoms with E-state index >= 15 is 0 Å². The van der Waals surface area contributed by atoms with Crippen LogP contribution in [0.1, 0.15) is 45.7 Å². The summed E-state index contributed by atoms with van der Waals surface area (Å²) in [5.74, 6) is 0.586. The number of hydrogen-bond acceptors (Lipinski definition) is 8. The number of rotatable bonds is 7. The van der Waals surface area contributed by atoms with Gasteiger partial charge in [0.1, 0.15) is 6.04 Å². The number of amides is 1. The zero-order valence-electron chi connectivity index (χ0n) is 22.7. The Morgan fingerprint density at radius 3 is 2.67 bits per heavy atom. The maximum atomic E-state index is 13.6. The van der Waals surface area contributed by atoms with E-state index in [0.29, 0.717) is 41.5 Å². The third-order valence-corrected chi connectivity index (χ3v) is 9.87. The van der Waals surface area contributed by atoms with Gasteiger partial charge in [-0.2, -0.15) is 4.98 Å². The summed E-state index contributed by atoms with van der Waals surface area (Å²) in [6.07, 6.45) is 1.47. The van der Waals surface area contributed by atoms with Gasteiger partial charge in [0.2, 0.25) is 11.7 Å². The van der Waals surface area contributed by atoms with Crippen LogP contribution in [-0.4, -0.2) is 40.9 Å². The van der Waals surface area contributed by atoms with Crippen molar-refractivity contribution in [2.75, 3.05) is 11.3 Å². The van der Waals surface area contributed by atoms with Crippen LogP contribution in [0, 0.1) is 13.8 Å². The molecule has 2 aromatic heterocycles. The number of aryl methyl sites for hydroxylation is 2. The molecule has 214 valence electrons. The van der Waals surface area contributed by atoms with Crippen molar-refractivity contribution >= 4 is 48.9 Å². The van der Waals surface area contributed by atoms with Crippen LogP contribution in [0.3, 0.4) is 0 Å². The maximum Gasteiger partial charge on any atom is 0.262 e. The second kappa shape index (κ2) is 11.4. The lowest BCUT2D eigenvalue weighted by Gasteiger charge is -2.22. The molecule has 1 atom stereocenters. The average molecular weight is 665 g/mol. The van der Waals surface area contributed by atoms with Gasteiger partial charge in [0.05, 0.1) is 15.6 Å². The maximum absolute atomic E-state index is 13.6. The summed E-state index contributed by atoms with van der Waals surface area (Å²) in [7, 11) is -3.95. The second-order valence-corrected chi connectivity index (χ2v) is 13.7. The van der Waals surface area contributed by atoms with Crippen molar-refractivity contribution in [3.63, 3.8) is 0 Å². The first-order valence-electron chi connectivity index (χ1n) is 13.2. The number of halogens is 1. The molecule has 1 N–H and O–H groups in total. The van der Waals surface area contributed by atoms with Crippen LogP contribution < -0.4 is 4.72 Å². The Morgan fingerprint density at radius 1 is 1.05 bits per heavy atom. The summed E-state index contributed by atoms with van der Waals surface area (Å²) in [6, 6.07) is 19.0. The smallest absolute Gasteiger partial charge is 0.262 e. The number of sulfonamides is 1. The average Bonchev–Trinajstić information content (AvgIpc) is 3.74. The molecule has 42 heavy (non-hydrogen) atoms. The topological polar surface area (TPSA) is 118 Å². The van der Waals surface area contributed by atoms with Crippen LogP contribution in [-0.2, 0) is 10.0 Å². The molecule has 3 aromatic carbocycles. The summed E-state index contributed by atoms with van der Waals surface area (Å²) in [5, 5.41) is 6.94. The third-order valence-electron chi connectivity index (χ3n) is 7.08. The molecule has 1 saturated heterocycles. The van der Waals surface area contributed by atoms with E-state index in [0.717, 1.165) is 32.7 Å². The summed E-state index contributed by atoms with van der Waals surface area (Å²) in [6.45, 7) is 4.18. The van der Waals surface area contributed by atoms with Crippen LogP contribution in [0.2, 0.25) is 0 Å². The van der Waals surface area contributed by atoms with Gasteiger partial charge in [-0.05, 0) is 68.7 Å². The lowest BCUT2D eigenvalue weighted by atomic mass is 10.1. The van der Waals surface area contributed by atoms with Crippen molar-refractivity contribution in [3.8, 4) is 22.6 Å². The fourth-order valence-corrected chi connectivity index (χ4v) is 7.36. The first kappa shape index (κ1) is 28.3. The van der Waals surface area contributed by atoms with Crippen molar-refractivity contribution in [2.24, 2.45) is 0 Å². The molecule has 0 spiro atoms. The van der Waals surface area contributed by atoms with Gasteiger partial charge in [0.15, 0.2) is 0 Å². The molecule has 1 fully saturated rings. The van der Waals surface area contributed by atoms with E-state index in [-0.39, 0.29) is 16.8 Å². The quantitative estimate of drug-likeness (QED) is 0.199. The number of carbonyl (C=O) groups excluding carboxylic acids is 1. The molecule has 1 aliphatic heterocycles. The second-order valence-electron chi connectivity index (χ2n) is 10.0. The van der Waals surface area contributed by atoms with Crippen molar-refractivity contribution in [1.29, 1.82) is 0 Å². The van der Waals surface area contributed by atoms with E-state index in [1.54, 1.807) is 48.2 Å². The molecular weight excluding hydrogens is 638 g/mol. The minimum atomic E-state index is -3.95. The number of anilines is 1. The Morgan fingerprint density at radius 2 is 1.88 bits per heavy atom. The highest BCUT2D eigenvalue weighted by Crippen LogP contribution is 2.34. The van der Waals surface area contributed by atoms with E-state index in [9.17, 15) is 13.2 Å². The SMILES string of the molecule is Cc1nc(-c2ccc(C)c(S(=O)(=O)Nc3cccc(C(=O)N4CCCC4c4nc(-c5cccc(Br)c5)no4)c3)c2)cs1. The molecule has 0 aliphatic carbocycles. The Bertz CT molecular complexity index is 1900. The highest BCUT2D eigenvalue weighted by molar-refractivity contribution is 9.10. The largest absolute Gasteiger partial charge is 0.337 e. The number of thiazole rings is 1. The summed E-state index contributed by atoms with van der Waals surface area (Å²) in [4.78, 5) is 24.6. The van der Waals surface area contributed by atoms with Gasteiger partial charge in [-0.25, -0.2) is 13.4 Å². The van der Waals surface area contributed by atoms with Crippen molar-refractivity contribution < 1.29 is 17.7 Å². The fourth-order valence-electron chi connectivity index (χ4n) is 5.02. The standard InChI is InChI=1S/C30H26BrN5O4S2/c1-18-11-12-20(25-17-41-19(2)32-25)16-27(18)42(38,39)35-24-9-4-7-22(15-24)30(37)36-13-5-10-26(36)29-33-28(34-40-29)21-6-3-8-23(31)14-21/h3-4,6-9,11-12,14-17,26,35H,5,10,13H2,1-2H3. The van der Waals surface area contributed by atoms with E-state index < -0.39 is 10.0 Å². The first-order valence-corrected chi connectivity index (χ1v) is 16.4. The zero-order chi connectivity index (χ0) is 29.4. The predicted octanol–water partition coefficient (Wildman–Crippen LogP) is 7.02. The van der Waals surface area contributed by atoms with E-state index in [2.05, 4.69) is 35.8 Å². The normalized spacial score (nSPS) is 15.2. The van der Waals surface area contributed by atoms with Crippen LogP contribution >= 0.6 is 27.3 Å². The number of hydrogen-bond donors (Lipinski definition) is 1. The number of aromatic nitrogens is 3. The van der Waals surface area contributed by atoms with E-state index in [1.807, 2.05) is 42.6 Å². The van der Waals surface area contributed by atoms with Gasteiger partial charge in [0, 0.05) is 38.8 Å². The van der Waals surface area contributed by atoms with Crippen LogP contribution in [0.5, 0.6) is 0 Å².